The zero-order valence-corrected chi connectivity index (χ0v) is 13.3. The summed E-state index contributed by atoms with van der Waals surface area (Å²) in [6, 6.07) is 0. The van der Waals surface area contributed by atoms with Gasteiger partial charge in [0, 0.05) is 38.6 Å². The van der Waals surface area contributed by atoms with Gasteiger partial charge in [0.25, 0.3) is 0 Å². The molecule has 2 fully saturated rings. The number of carbonyl (C=O) groups excluding carboxylic acids is 2. The van der Waals surface area contributed by atoms with Crippen molar-refractivity contribution >= 4 is 11.8 Å². The molecule has 5 heteroatoms. The van der Waals surface area contributed by atoms with Crippen molar-refractivity contribution in [1.29, 1.82) is 0 Å². The first-order valence-electron chi connectivity index (χ1n) is 8.48. The lowest BCUT2D eigenvalue weighted by Gasteiger charge is -2.36. The second-order valence-corrected chi connectivity index (χ2v) is 6.29. The highest BCUT2D eigenvalue weighted by molar-refractivity contribution is 5.79. The van der Waals surface area contributed by atoms with Crippen molar-refractivity contribution in [3.8, 4) is 0 Å². The van der Waals surface area contributed by atoms with Crippen molar-refractivity contribution in [3.05, 3.63) is 0 Å². The molecule has 0 bridgehead atoms. The Morgan fingerprint density at radius 3 is 2.33 bits per heavy atom. The highest BCUT2D eigenvalue weighted by Gasteiger charge is 2.28. The third kappa shape index (κ3) is 4.99. The molecule has 2 rings (SSSR count). The third-order valence-electron chi connectivity index (χ3n) is 4.58. The van der Waals surface area contributed by atoms with E-state index in [1.54, 1.807) is 0 Å². The third-order valence-corrected chi connectivity index (χ3v) is 4.58. The molecule has 1 heterocycles. The van der Waals surface area contributed by atoms with Crippen LogP contribution in [0.3, 0.4) is 0 Å². The molecule has 5 nitrogen and oxygen atoms in total. The molecule has 1 aliphatic heterocycles. The zero-order valence-electron chi connectivity index (χ0n) is 13.3. The summed E-state index contributed by atoms with van der Waals surface area (Å²) in [7, 11) is 0. The average molecular weight is 295 g/mol. The number of hydrogen-bond acceptors (Lipinski definition) is 3. The largest absolute Gasteiger partial charge is 0.355 e. The predicted molar refractivity (Wildman–Crippen MR) is 82.9 cm³/mol. The highest BCUT2D eigenvalue weighted by Crippen LogP contribution is 2.25. The maximum Gasteiger partial charge on any atom is 0.234 e. The Morgan fingerprint density at radius 1 is 1.05 bits per heavy atom. The van der Waals surface area contributed by atoms with Crippen molar-refractivity contribution in [1.82, 2.24) is 15.1 Å². The van der Waals surface area contributed by atoms with Gasteiger partial charge in [-0.15, -0.1) is 0 Å². The molecule has 1 aliphatic carbocycles. The number of nitrogens with one attached hydrogen (secondary N) is 1. The SMILES string of the molecule is CCCNC(=O)CN1CCN(C(=O)C2CCCCC2)CC1. The molecule has 1 N–H and O–H groups in total. The Kier molecular flexibility index (Phi) is 6.49. The van der Waals surface area contributed by atoms with Crippen LogP contribution in [0.5, 0.6) is 0 Å². The first-order chi connectivity index (χ1) is 10.2. The van der Waals surface area contributed by atoms with E-state index in [4.69, 9.17) is 0 Å². The zero-order chi connectivity index (χ0) is 15.1. The standard InChI is InChI=1S/C16H29N3O2/c1-2-8-17-15(20)13-18-9-11-19(12-10-18)16(21)14-6-4-3-5-7-14/h14H,2-13H2,1H3,(H,17,20). The van der Waals surface area contributed by atoms with Gasteiger partial charge in [0.2, 0.25) is 11.8 Å². The average Bonchev–Trinajstić information content (AvgIpc) is 2.54. The first kappa shape index (κ1) is 16.3. The summed E-state index contributed by atoms with van der Waals surface area (Å²) in [6.07, 6.45) is 6.79. The molecule has 21 heavy (non-hydrogen) atoms. The molecule has 120 valence electrons. The minimum Gasteiger partial charge on any atom is -0.355 e. The Hall–Kier alpha value is -1.10. The maximum atomic E-state index is 12.5. The van der Waals surface area contributed by atoms with E-state index < -0.39 is 0 Å². The van der Waals surface area contributed by atoms with Gasteiger partial charge in [-0.2, -0.15) is 0 Å². The topological polar surface area (TPSA) is 52.7 Å². The van der Waals surface area contributed by atoms with E-state index in [2.05, 4.69) is 17.1 Å². The molecule has 0 unspecified atom stereocenters. The summed E-state index contributed by atoms with van der Waals surface area (Å²) in [5.41, 5.74) is 0. The molecule has 0 spiro atoms. The fourth-order valence-corrected chi connectivity index (χ4v) is 3.26. The Balaban J connectivity index is 1.70. The predicted octanol–water partition coefficient (Wildman–Crippen LogP) is 1.24. The Morgan fingerprint density at radius 2 is 1.71 bits per heavy atom. The molecule has 1 saturated carbocycles. The van der Waals surface area contributed by atoms with Crippen LogP contribution in [0.1, 0.15) is 45.4 Å². The minimum absolute atomic E-state index is 0.101. The van der Waals surface area contributed by atoms with E-state index in [0.717, 1.165) is 52.0 Å². The molecule has 0 aromatic carbocycles. The van der Waals surface area contributed by atoms with Gasteiger partial charge < -0.3 is 10.2 Å². The van der Waals surface area contributed by atoms with Gasteiger partial charge >= 0.3 is 0 Å². The lowest BCUT2D eigenvalue weighted by molar-refractivity contribution is -0.138. The Labute approximate surface area is 128 Å². The van der Waals surface area contributed by atoms with E-state index in [1.165, 1.54) is 19.3 Å². The number of rotatable bonds is 5. The van der Waals surface area contributed by atoms with Crippen molar-refractivity contribution < 1.29 is 9.59 Å². The van der Waals surface area contributed by atoms with Crippen LogP contribution in [0.25, 0.3) is 0 Å². The van der Waals surface area contributed by atoms with Gasteiger partial charge in [-0.25, -0.2) is 0 Å². The molecular weight excluding hydrogens is 266 g/mol. The molecule has 0 aromatic heterocycles. The lowest BCUT2D eigenvalue weighted by atomic mass is 9.88. The van der Waals surface area contributed by atoms with Crippen molar-refractivity contribution in [2.45, 2.75) is 45.4 Å². The van der Waals surface area contributed by atoms with E-state index in [1.807, 2.05) is 4.90 Å². The van der Waals surface area contributed by atoms with Crippen LogP contribution < -0.4 is 5.32 Å². The van der Waals surface area contributed by atoms with Gasteiger partial charge in [-0.3, -0.25) is 14.5 Å². The fourth-order valence-electron chi connectivity index (χ4n) is 3.26. The van der Waals surface area contributed by atoms with E-state index >= 15 is 0 Å². The van der Waals surface area contributed by atoms with Crippen molar-refractivity contribution in [2.24, 2.45) is 5.92 Å². The van der Waals surface area contributed by atoms with Crippen molar-refractivity contribution in [2.75, 3.05) is 39.3 Å². The van der Waals surface area contributed by atoms with E-state index in [-0.39, 0.29) is 11.8 Å². The van der Waals surface area contributed by atoms with Crippen LogP contribution in [-0.2, 0) is 9.59 Å². The van der Waals surface area contributed by atoms with Gasteiger partial charge in [-0.1, -0.05) is 26.2 Å². The molecule has 2 amide bonds. The Bertz CT molecular complexity index is 345. The van der Waals surface area contributed by atoms with Crippen LogP contribution in [0, 0.1) is 5.92 Å². The van der Waals surface area contributed by atoms with E-state index in [9.17, 15) is 9.59 Å². The molecule has 0 aromatic rings. The molecule has 0 radical (unpaired) electrons. The molecule has 2 aliphatic rings. The molecular formula is C16H29N3O2. The van der Waals surface area contributed by atoms with Crippen LogP contribution in [0.15, 0.2) is 0 Å². The minimum atomic E-state index is 0.101. The van der Waals surface area contributed by atoms with Crippen LogP contribution in [-0.4, -0.2) is 60.9 Å². The number of amides is 2. The second kappa shape index (κ2) is 8.37. The van der Waals surface area contributed by atoms with Gasteiger partial charge in [-0.05, 0) is 19.3 Å². The van der Waals surface area contributed by atoms with Crippen LogP contribution in [0.2, 0.25) is 0 Å². The lowest BCUT2D eigenvalue weighted by Crippen LogP contribution is -2.52. The molecule has 1 saturated heterocycles. The maximum absolute atomic E-state index is 12.5. The summed E-state index contributed by atoms with van der Waals surface area (Å²) in [5, 5.41) is 2.90. The summed E-state index contributed by atoms with van der Waals surface area (Å²) in [5.74, 6) is 0.715. The van der Waals surface area contributed by atoms with Crippen LogP contribution >= 0.6 is 0 Å². The number of piperazine rings is 1. The number of nitrogens with zero attached hydrogens (tertiary/aromatic N) is 2. The molecule has 0 atom stereocenters. The first-order valence-corrected chi connectivity index (χ1v) is 8.48. The van der Waals surface area contributed by atoms with E-state index in [0.29, 0.717) is 12.5 Å². The summed E-state index contributed by atoms with van der Waals surface area (Å²) in [4.78, 5) is 28.3. The number of carbonyl (C=O) groups is 2. The quantitative estimate of drug-likeness (QED) is 0.830. The van der Waals surface area contributed by atoms with Crippen molar-refractivity contribution in [3.63, 3.8) is 0 Å². The smallest absolute Gasteiger partial charge is 0.234 e. The number of hydrogen-bond donors (Lipinski definition) is 1. The summed E-state index contributed by atoms with van der Waals surface area (Å²) in [6.45, 7) is 6.45. The second-order valence-electron chi connectivity index (χ2n) is 6.29. The fraction of sp³-hybridized carbons (Fsp3) is 0.875. The summed E-state index contributed by atoms with van der Waals surface area (Å²) >= 11 is 0. The normalized spacial score (nSPS) is 21.3. The summed E-state index contributed by atoms with van der Waals surface area (Å²) < 4.78 is 0. The van der Waals surface area contributed by atoms with Crippen LogP contribution in [0.4, 0.5) is 0 Å². The van der Waals surface area contributed by atoms with Gasteiger partial charge in [0.15, 0.2) is 0 Å². The van der Waals surface area contributed by atoms with Gasteiger partial charge in [0.1, 0.15) is 0 Å². The monoisotopic (exact) mass is 295 g/mol. The highest BCUT2D eigenvalue weighted by atomic mass is 16.2. The van der Waals surface area contributed by atoms with Gasteiger partial charge in [0.05, 0.1) is 6.54 Å².